The van der Waals surface area contributed by atoms with Crippen LogP contribution < -0.4 is 37.4 Å². The normalized spacial score (nSPS) is 11.8. The molecule has 9 nitrogen and oxygen atoms in total. The van der Waals surface area contributed by atoms with Gasteiger partial charge in [0.1, 0.15) is 24.7 Å². The van der Waals surface area contributed by atoms with Gasteiger partial charge in [-0.3, -0.25) is 4.79 Å². The zero-order chi connectivity index (χ0) is 21.8. The highest BCUT2D eigenvalue weighted by atomic mass is 16.5. The average molecular weight is 407 g/mol. The molecule has 162 valence electrons. The van der Waals surface area contributed by atoms with Gasteiger partial charge in [0.05, 0.1) is 11.4 Å². The van der Waals surface area contributed by atoms with E-state index in [9.17, 15) is 4.79 Å². The number of hydrazine groups is 1. The summed E-state index contributed by atoms with van der Waals surface area (Å²) in [7, 11) is 5.00. The first-order chi connectivity index (χ1) is 13.8. The number of hydrogen-bond donors (Lipinski definition) is 5. The van der Waals surface area contributed by atoms with Crippen LogP contribution in [0.1, 0.15) is 35.7 Å². The summed E-state index contributed by atoms with van der Waals surface area (Å²) in [4.78, 5) is 12.2. The van der Waals surface area contributed by atoms with E-state index < -0.39 is 0 Å². The van der Waals surface area contributed by atoms with Crippen LogP contribution in [0.3, 0.4) is 0 Å². The van der Waals surface area contributed by atoms with E-state index in [0.717, 1.165) is 24.8 Å². The van der Waals surface area contributed by atoms with Crippen molar-refractivity contribution in [3.05, 3.63) is 47.1 Å². The number of hydrogen-bond acceptors (Lipinski definition) is 8. The molecule has 0 aliphatic rings. The highest BCUT2D eigenvalue weighted by Crippen LogP contribution is 2.33. The Morgan fingerprint density at radius 1 is 1.14 bits per heavy atom. The molecule has 0 saturated heterocycles. The Hall–Kier alpha value is -3.07. The molecule has 0 aliphatic carbocycles. The van der Waals surface area contributed by atoms with E-state index >= 15 is 0 Å². The molecule has 1 rings (SSSR count). The molecule has 0 aliphatic heterocycles. The van der Waals surface area contributed by atoms with E-state index in [-0.39, 0.29) is 19.1 Å². The van der Waals surface area contributed by atoms with Crippen LogP contribution in [0.25, 0.3) is 0 Å². The standard InChI is InChI=1S/C20H34N6O3/c1-5-6-7-17-18(28-12-15(21)10-24-2)8-14(20(27)25-3)9-19(17)29-13-16(22)11-26(4)23/h8-11,24H,5-7,12-13,21-23H2,1-4H3,(H,25,27)/b15-10-,16-11-. The van der Waals surface area contributed by atoms with E-state index in [0.29, 0.717) is 28.5 Å². The van der Waals surface area contributed by atoms with E-state index in [1.807, 2.05) is 0 Å². The minimum Gasteiger partial charge on any atom is -0.487 e. The van der Waals surface area contributed by atoms with Crippen molar-refractivity contribution in [2.75, 3.05) is 34.4 Å². The summed E-state index contributed by atoms with van der Waals surface area (Å²) < 4.78 is 11.9. The Morgan fingerprint density at radius 3 is 2.21 bits per heavy atom. The first-order valence-corrected chi connectivity index (χ1v) is 9.52. The van der Waals surface area contributed by atoms with Crippen molar-refractivity contribution >= 4 is 5.91 Å². The molecule has 0 heterocycles. The molecule has 1 aromatic rings. The predicted octanol–water partition coefficient (Wildman–Crippen LogP) is 0.772. The smallest absolute Gasteiger partial charge is 0.251 e. The second-order valence-electron chi connectivity index (χ2n) is 6.59. The lowest BCUT2D eigenvalue weighted by Crippen LogP contribution is -2.23. The fraction of sp³-hybridized carbons (Fsp3) is 0.450. The monoisotopic (exact) mass is 406 g/mol. The van der Waals surface area contributed by atoms with Crippen molar-refractivity contribution in [2.24, 2.45) is 17.3 Å². The van der Waals surface area contributed by atoms with Gasteiger partial charge in [0.15, 0.2) is 0 Å². The van der Waals surface area contributed by atoms with Crippen LogP contribution in [0.15, 0.2) is 35.9 Å². The van der Waals surface area contributed by atoms with E-state index in [1.165, 1.54) is 5.01 Å². The molecular formula is C20H34N6O3. The lowest BCUT2D eigenvalue weighted by Gasteiger charge is -2.18. The van der Waals surface area contributed by atoms with Gasteiger partial charge in [-0.05, 0) is 25.0 Å². The highest BCUT2D eigenvalue weighted by molar-refractivity contribution is 5.95. The molecule has 0 saturated carbocycles. The molecule has 0 atom stereocenters. The molecule has 0 aromatic heterocycles. The summed E-state index contributed by atoms with van der Waals surface area (Å²) in [5.74, 6) is 6.44. The minimum absolute atomic E-state index is 0.124. The fourth-order valence-corrected chi connectivity index (χ4v) is 2.60. The SMILES string of the molecule is CCCCc1c(OC/C(N)=C/NC)cc(C(=O)NC)cc1OC/C(N)=C/N(C)N. The summed E-state index contributed by atoms with van der Waals surface area (Å²) in [5.41, 5.74) is 14.1. The van der Waals surface area contributed by atoms with Crippen LogP contribution in [0, 0.1) is 0 Å². The molecule has 0 spiro atoms. The summed E-state index contributed by atoms with van der Waals surface area (Å²) in [6.07, 6.45) is 5.88. The molecule has 9 heteroatoms. The quantitative estimate of drug-likeness (QED) is 0.253. The second-order valence-corrected chi connectivity index (χ2v) is 6.59. The molecule has 0 radical (unpaired) electrons. The molecule has 0 unspecified atom stereocenters. The highest BCUT2D eigenvalue weighted by Gasteiger charge is 2.17. The number of unbranched alkanes of at least 4 members (excludes halogenated alkanes) is 1. The maximum absolute atomic E-state index is 12.2. The van der Waals surface area contributed by atoms with E-state index in [4.69, 9.17) is 26.8 Å². The van der Waals surface area contributed by atoms with Crippen molar-refractivity contribution in [2.45, 2.75) is 26.2 Å². The predicted molar refractivity (Wildman–Crippen MR) is 115 cm³/mol. The van der Waals surface area contributed by atoms with Crippen LogP contribution in [0.2, 0.25) is 0 Å². The van der Waals surface area contributed by atoms with Gasteiger partial charge >= 0.3 is 0 Å². The molecular weight excluding hydrogens is 372 g/mol. The maximum atomic E-state index is 12.2. The van der Waals surface area contributed by atoms with Crippen molar-refractivity contribution < 1.29 is 14.3 Å². The van der Waals surface area contributed by atoms with Crippen molar-refractivity contribution in [3.63, 3.8) is 0 Å². The van der Waals surface area contributed by atoms with Crippen molar-refractivity contribution in [3.8, 4) is 11.5 Å². The number of rotatable bonds is 12. The zero-order valence-electron chi connectivity index (χ0n) is 17.7. The van der Waals surface area contributed by atoms with Gasteiger partial charge in [-0.25, -0.2) is 5.84 Å². The third kappa shape index (κ3) is 8.22. The summed E-state index contributed by atoms with van der Waals surface area (Å²) >= 11 is 0. The van der Waals surface area contributed by atoms with Crippen LogP contribution in [0.4, 0.5) is 0 Å². The van der Waals surface area contributed by atoms with Crippen LogP contribution in [0.5, 0.6) is 11.5 Å². The number of amides is 1. The number of carbonyl (C=O) groups excluding carboxylic acids is 1. The van der Waals surface area contributed by atoms with Gasteiger partial charge in [0.2, 0.25) is 0 Å². The largest absolute Gasteiger partial charge is 0.487 e. The van der Waals surface area contributed by atoms with Crippen molar-refractivity contribution in [1.82, 2.24) is 15.6 Å². The number of nitrogens with one attached hydrogen (secondary N) is 2. The Bertz CT molecular complexity index is 731. The first kappa shape index (κ1) is 24.0. The zero-order valence-corrected chi connectivity index (χ0v) is 17.7. The van der Waals surface area contributed by atoms with Crippen LogP contribution in [-0.4, -0.2) is 45.3 Å². The molecule has 1 aromatic carbocycles. The van der Waals surface area contributed by atoms with Gasteiger partial charge < -0.3 is 36.6 Å². The van der Waals surface area contributed by atoms with Gasteiger partial charge in [0.25, 0.3) is 5.91 Å². The number of nitrogens with zero attached hydrogens (tertiary/aromatic N) is 1. The Balaban J connectivity index is 3.30. The first-order valence-electron chi connectivity index (χ1n) is 9.52. The summed E-state index contributed by atoms with van der Waals surface area (Å²) in [6, 6.07) is 3.40. The molecule has 0 bridgehead atoms. The van der Waals surface area contributed by atoms with Gasteiger partial charge in [0, 0.05) is 44.7 Å². The third-order valence-electron chi connectivity index (χ3n) is 3.93. The van der Waals surface area contributed by atoms with E-state index in [1.54, 1.807) is 45.7 Å². The Kier molecular flexibility index (Phi) is 10.2. The van der Waals surface area contributed by atoms with Gasteiger partial charge in [-0.2, -0.15) is 0 Å². The minimum atomic E-state index is -0.245. The molecule has 29 heavy (non-hydrogen) atoms. The lowest BCUT2D eigenvalue weighted by atomic mass is 10.0. The van der Waals surface area contributed by atoms with E-state index in [2.05, 4.69) is 17.6 Å². The second kappa shape index (κ2) is 12.4. The molecule has 1 amide bonds. The lowest BCUT2D eigenvalue weighted by molar-refractivity contribution is 0.0962. The summed E-state index contributed by atoms with van der Waals surface area (Å²) in [6.45, 7) is 2.40. The third-order valence-corrected chi connectivity index (χ3v) is 3.93. The van der Waals surface area contributed by atoms with Gasteiger partial charge in [-0.15, -0.1) is 0 Å². The number of carbonyl (C=O) groups is 1. The number of ether oxygens (including phenoxy) is 2. The Morgan fingerprint density at radius 2 is 1.72 bits per heavy atom. The van der Waals surface area contributed by atoms with Crippen LogP contribution >= 0.6 is 0 Å². The van der Waals surface area contributed by atoms with Crippen LogP contribution in [-0.2, 0) is 6.42 Å². The van der Waals surface area contributed by atoms with Gasteiger partial charge in [-0.1, -0.05) is 13.3 Å². The number of nitrogens with two attached hydrogens (primary N) is 3. The maximum Gasteiger partial charge on any atom is 0.251 e. The van der Waals surface area contributed by atoms with Crippen molar-refractivity contribution in [1.29, 1.82) is 0 Å². The fourth-order valence-electron chi connectivity index (χ4n) is 2.60. The molecule has 8 N–H and O–H groups in total. The average Bonchev–Trinajstić information content (AvgIpc) is 2.68. The summed E-state index contributed by atoms with van der Waals surface area (Å²) in [5, 5.41) is 6.83. The molecule has 0 fully saturated rings. The Labute approximate surface area is 172 Å². The number of benzene rings is 1. The topological polar surface area (TPSA) is 141 Å².